The summed E-state index contributed by atoms with van der Waals surface area (Å²) in [5.74, 6) is 1.22. The topological polar surface area (TPSA) is 56.1 Å². The molecular weight excluding hydrogens is 238 g/mol. The molecule has 1 aliphatic rings. The normalized spacial score (nSPS) is 25.1. The van der Waals surface area contributed by atoms with E-state index < -0.39 is 0 Å². The van der Waals surface area contributed by atoms with Crippen LogP contribution >= 0.6 is 0 Å². The average Bonchev–Trinajstić information content (AvgIpc) is 2.27. The third-order valence-corrected chi connectivity index (χ3v) is 3.81. The first-order chi connectivity index (χ1) is 8.74. The van der Waals surface area contributed by atoms with E-state index >= 15 is 0 Å². The Bertz CT molecular complexity index is 351. The molecule has 0 aromatic rings. The SMILES string of the molecule is CC(C)C1CC(NC(=O)C(C)(C)C)CN(CC#N)C1. The van der Waals surface area contributed by atoms with E-state index in [-0.39, 0.29) is 17.4 Å². The van der Waals surface area contributed by atoms with E-state index in [1.165, 1.54) is 0 Å². The highest BCUT2D eigenvalue weighted by atomic mass is 16.2. The van der Waals surface area contributed by atoms with Crippen molar-refractivity contribution >= 4 is 5.91 Å². The van der Waals surface area contributed by atoms with Gasteiger partial charge in [0.05, 0.1) is 12.6 Å². The van der Waals surface area contributed by atoms with Gasteiger partial charge >= 0.3 is 0 Å². The van der Waals surface area contributed by atoms with Crippen LogP contribution in [0.1, 0.15) is 41.0 Å². The third kappa shape index (κ3) is 4.83. The molecule has 1 amide bonds. The van der Waals surface area contributed by atoms with Crippen molar-refractivity contribution in [2.75, 3.05) is 19.6 Å². The molecule has 1 heterocycles. The lowest BCUT2D eigenvalue weighted by molar-refractivity contribution is -0.129. The van der Waals surface area contributed by atoms with E-state index in [1.807, 2.05) is 20.8 Å². The fraction of sp³-hybridized carbons (Fsp3) is 0.867. The van der Waals surface area contributed by atoms with Gasteiger partial charge in [-0.2, -0.15) is 5.26 Å². The Kier molecular flexibility index (Phi) is 5.37. The van der Waals surface area contributed by atoms with Crippen molar-refractivity contribution in [2.45, 2.75) is 47.1 Å². The van der Waals surface area contributed by atoms with Crippen LogP contribution in [-0.4, -0.2) is 36.5 Å². The summed E-state index contributed by atoms with van der Waals surface area (Å²) in [5, 5.41) is 12.0. The van der Waals surface area contributed by atoms with Crippen molar-refractivity contribution in [2.24, 2.45) is 17.3 Å². The fourth-order valence-corrected chi connectivity index (χ4v) is 2.45. The highest BCUT2D eigenvalue weighted by Crippen LogP contribution is 2.24. The van der Waals surface area contributed by atoms with E-state index in [9.17, 15) is 4.79 Å². The van der Waals surface area contributed by atoms with Crippen molar-refractivity contribution in [1.29, 1.82) is 5.26 Å². The molecule has 1 N–H and O–H groups in total. The van der Waals surface area contributed by atoms with E-state index in [4.69, 9.17) is 5.26 Å². The highest BCUT2D eigenvalue weighted by Gasteiger charge is 2.31. The minimum absolute atomic E-state index is 0.0961. The zero-order valence-corrected chi connectivity index (χ0v) is 12.9. The van der Waals surface area contributed by atoms with E-state index in [0.717, 1.165) is 19.5 Å². The third-order valence-electron chi connectivity index (χ3n) is 3.81. The number of carbonyl (C=O) groups excluding carboxylic acids is 1. The molecule has 1 aliphatic heterocycles. The zero-order valence-electron chi connectivity index (χ0n) is 12.9. The van der Waals surface area contributed by atoms with Crippen LogP contribution < -0.4 is 5.32 Å². The van der Waals surface area contributed by atoms with E-state index in [2.05, 4.69) is 30.1 Å². The van der Waals surface area contributed by atoms with Crippen LogP contribution in [0, 0.1) is 28.6 Å². The minimum atomic E-state index is -0.356. The molecule has 0 spiro atoms. The molecule has 2 unspecified atom stereocenters. The lowest BCUT2D eigenvalue weighted by atomic mass is 9.85. The van der Waals surface area contributed by atoms with Gasteiger partial charge in [0.25, 0.3) is 0 Å². The number of nitriles is 1. The number of piperidine rings is 1. The van der Waals surface area contributed by atoms with E-state index in [1.54, 1.807) is 0 Å². The Morgan fingerprint density at radius 1 is 1.42 bits per heavy atom. The lowest BCUT2D eigenvalue weighted by Gasteiger charge is -2.39. The monoisotopic (exact) mass is 265 g/mol. The first kappa shape index (κ1) is 16.0. The maximum Gasteiger partial charge on any atom is 0.225 e. The smallest absolute Gasteiger partial charge is 0.225 e. The molecule has 19 heavy (non-hydrogen) atoms. The summed E-state index contributed by atoms with van der Waals surface area (Å²) in [4.78, 5) is 14.2. The summed E-state index contributed by atoms with van der Waals surface area (Å²) in [5.41, 5.74) is -0.356. The largest absolute Gasteiger partial charge is 0.352 e. The molecule has 1 rings (SSSR count). The highest BCUT2D eigenvalue weighted by molar-refractivity contribution is 5.81. The Morgan fingerprint density at radius 2 is 2.05 bits per heavy atom. The number of hydrogen-bond acceptors (Lipinski definition) is 3. The van der Waals surface area contributed by atoms with Crippen molar-refractivity contribution in [3.63, 3.8) is 0 Å². The first-order valence-electron chi connectivity index (χ1n) is 7.14. The second-order valence-electron chi connectivity index (χ2n) is 7.01. The summed E-state index contributed by atoms with van der Waals surface area (Å²) in [6.07, 6.45) is 1.02. The van der Waals surface area contributed by atoms with Crippen LogP contribution in [0.5, 0.6) is 0 Å². The van der Waals surface area contributed by atoms with Gasteiger partial charge in [0.1, 0.15) is 0 Å². The average molecular weight is 265 g/mol. The van der Waals surface area contributed by atoms with Gasteiger partial charge < -0.3 is 5.32 Å². The molecule has 0 radical (unpaired) electrons. The number of carbonyl (C=O) groups is 1. The molecule has 1 saturated heterocycles. The van der Waals surface area contributed by atoms with Gasteiger partial charge in [-0.3, -0.25) is 9.69 Å². The number of hydrogen-bond donors (Lipinski definition) is 1. The van der Waals surface area contributed by atoms with Crippen molar-refractivity contribution < 1.29 is 4.79 Å². The quantitative estimate of drug-likeness (QED) is 0.794. The second-order valence-corrected chi connectivity index (χ2v) is 7.01. The van der Waals surface area contributed by atoms with Gasteiger partial charge in [-0.15, -0.1) is 0 Å². The van der Waals surface area contributed by atoms with Crippen LogP contribution in [-0.2, 0) is 4.79 Å². The minimum Gasteiger partial charge on any atom is -0.352 e. The van der Waals surface area contributed by atoms with Gasteiger partial charge in [0.2, 0.25) is 5.91 Å². The molecule has 0 aliphatic carbocycles. The van der Waals surface area contributed by atoms with E-state index in [0.29, 0.717) is 18.4 Å². The van der Waals surface area contributed by atoms with Gasteiger partial charge in [0.15, 0.2) is 0 Å². The van der Waals surface area contributed by atoms with Gasteiger partial charge in [-0.1, -0.05) is 34.6 Å². The lowest BCUT2D eigenvalue weighted by Crippen LogP contribution is -2.53. The van der Waals surface area contributed by atoms with Crippen LogP contribution in [0.2, 0.25) is 0 Å². The van der Waals surface area contributed by atoms with Crippen molar-refractivity contribution in [3.05, 3.63) is 0 Å². The second kappa shape index (κ2) is 6.38. The number of amides is 1. The Balaban J connectivity index is 2.66. The molecule has 0 aromatic carbocycles. The maximum atomic E-state index is 12.1. The number of rotatable bonds is 3. The number of nitrogens with one attached hydrogen (secondary N) is 1. The predicted octanol–water partition coefficient (Wildman–Crippen LogP) is 2.02. The molecule has 4 heteroatoms. The molecule has 2 atom stereocenters. The predicted molar refractivity (Wildman–Crippen MR) is 76.4 cm³/mol. The van der Waals surface area contributed by atoms with Crippen LogP contribution in [0.15, 0.2) is 0 Å². The molecular formula is C15H27N3O. The molecule has 1 fully saturated rings. The molecule has 108 valence electrons. The van der Waals surface area contributed by atoms with Crippen molar-refractivity contribution in [1.82, 2.24) is 10.2 Å². The molecule has 0 saturated carbocycles. The van der Waals surface area contributed by atoms with Crippen molar-refractivity contribution in [3.8, 4) is 6.07 Å². The Labute approximate surface area is 117 Å². The van der Waals surface area contributed by atoms with Gasteiger partial charge in [-0.25, -0.2) is 0 Å². The van der Waals surface area contributed by atoms with Gasteiger partial charge in [0, 0.05) is 24.5 Å². The molecule has 4 nitrogen and oxygen atoms in total. The van der Waals surface area contributed by atoms with Crippen LogP contribution in [0.25, 0.3) is 0 Å². The molecule has 0 bridgehead atoms. The standard InChI is InChI=1S/C15H27N3O/c1-11(2)12-8-13(10-18(9-12)7-6-16)17-14(19)15(3,4)5/h11-13H,7-10H2,1-5H3,(H,17,19). The molecule has 0 aromatic heterocycles. The van der Waals surface area contributed by atoms with Crippen LogP contribution in [0.4, 0.5) is 0 Å². The summed E-state index contributed by atoms with van der Waals surface area (Å²) < 4.78 is 0. The summed E-state index contributed by atoms with van der Waals surface area (Å²) in [7, 11) is 0. The zero-order chi connectivity index (χ0) is 14.6. The summed E-state index contributed by atoms with van der Waals surface area (Å²) in [6, 6.07) is 2.38. The maximum absolute atomic E-state index is 12.1. The first-order valence-corrected chi connectivity index (χ1v) is 7.14. The van der Waals surface area contributed by atoms with Gasteiger partial charge in [-0.05, 0) is 18.3 Å². The summed E-state index contributed by atoms with van der Waals surface area (Å²) >= 11 is 0. The Hall–Kier alpha value is -1.08. The van der Waals surface area contributed by atoms with Crippen LogP contribution in [0.3, 0.4) is 0 Å². The number of likely N-dealkylation sites (tertiary alicyclic amines) is 1. The number of nitrogens with zero attached hydrogens (tertiary/aromatic N) is 2. The Morgan fingerprint density at radius 3 is 2.53 bits per heavy atom. The summed E-state index contributed by atoms with van der Waals surface area (Å²) in [6.45, 7) is 12.4. The fourth-order valence-electron chi connectivity index (χ4n) is 2.45.